The molecule has 2 aromatic heterocycles. The number of carbonyl (C=O) groups excluding carboxylic acids is 4. The van der Waals surface area contributed by atoms with Crippen LogP contribution in [0.2, 0.25) is 0 Å². The minimum Gasteiger partial charge on any atom is -0.453 e. The SMILES string of the molecule is COC(=O)N[C@H](C(=O)N1CC2CCC1(c1ncc(-c3ccc(-c4ccc(-c5cnc(C67CCC(CN6C(=O)[C@@H](NC(=O)OC)c6ccc(F)cc6)C7)[nH]5)cc4)cc3)[nH]1)C2)c1ccc(C)cc1. The molecule has 4 aromatic carbocycles. The number of aromatic amines is 2. The number of benzene rings is 4. The average molecular weight is 891 g/mol. The Labute approximate surface area is 381 Å². The van der Waals surface area contributed by atoms with Crippen molar-refractivity contribution < 1.29 is 33.0 Å². The van der Waals surface area contributed by atoms with Crippen LogP contribution in [-0.2, 0) is 30.1 Å². The number of nitrogens with zero attached hydrogens (tertiary/aromatic N) is 4. The van der Waals surface area contributed by atoms with Gasteiger partial charge in [-0.1, -0.05) is 90.5 Å². The quantitative estimate of drug-likeness (QED) is 0.100. The van der Waals surface area contributed by atoms with E-state index in [9.17, 15) is 23.6 Å². The minimum absolute atomic E-state index is 0.184. The maximum Gasteiger partial charge on any atom is 0.407 e. The van der Waals surface area contributed by atoms with Crippen molar-refractivity contribution in [3.63, 3.8) is 0 Å². The van der Waals surface area contributed by atoms with Crippen LogP contribution in [0.25, 0.3) is 33.6 Å². The summed E-state index contributed by atoms with van der Waals surface area (Å²) in [7, 11) is 2.53. The number of likely N-dealkylation sites (tertiary alicyclic amines) is 2. The van der Waals surface area contributed by atoms with Gasteiger partial charge < -0.3 is 39.9 Å². The van der Waals surface area contributed by atoms with E-state index >= 15 is 0 Å². The number of hydrogen-bond acceptors (Lipinski definition) is 8. The van der Waals surface area contributed by atoms with Gasteiger partial charge in [-0.25, -0.2) is 23.9 Å². The van der Waals surface area contributed by atoms with E-state index in [2.05, 4.69) is 57.0 Å². The first-order chi connectivity index (χ1) is 32.0. The van der Waals surface area contributed by atoms with Gasteiger partial charge in [0.25, 0.3) is 11.8 Å². The number of piperidine rings is 2. The second-order valence-corrected chi connectivity index (χ2v) is 18.2. The molecule has 4 heterocycles. The number of amides is 4. The van der Waals surface area contributed by atoms with E-state index in [1.807, 2.05) is 59.3 Å². The number of nitrogens with one attached hydrogen (secondary N) is 4. The zero-order valence-corrected chi connectivity index (χ0v) is 37.0. The molecule has 14 nitrogen and oxygen atoms in total. The zero-order chi connectivity index (χ0) is 45.7. The summed E-state index contributed by atoms with van der Waals surface area (Å²) in [5.74, 6) is 1.16. The van der Waals surface area contributed by atoms with Crippen molar-refractivity contribution >= 4 is 24.0 Å². The van der Waals surface area contributed by atoms with Crippen LogP contribution in [-0.4, -0.2) is 81.0 Å². The van der Waals surface area contributed by atoms with Crippen molar-refractivity contribution in [3.05, 3.63) is 144 Å². The predicted molar refractivity (Wildman–Crippen MR) is 243 cm³/mol. The second-order valence-electron chi connectivity index (χ2n) is 18.2. The first-order valence-electron chi connectivity index (χ1n) is 22.4. The van der Waals surface area contributed by atoms with Crippen LogP contribution in [0.1, 0.15) is 78.9 Å². The van der Waals surface area contributed by atoms with E-state index in [0.29, 0.717) is 41.9 Å². The van der Waals surface area contributed by atoms with Gasteiger partial charge >= 0.3 is 12.2 Å². The number of aryl methyl sites for hydroxylation is 1. The highest BCUT2D eigenvalue weighted by Gasteiger charge is 2.58. The van der Waals surface area contributed by atoms with Gasteiger partial charge in [0.2, 0.25) is 0 Å². The molecular weight excluding hydrogens is 840 g/mol. The normalized spacial score (nSPS) is 22.5. The summed E-state index contributed by atoms with van der Waals surface area (Å²) < 4.78 is 23.6. The maximum absolute atomic E-state index is 14.4. The first-order valence-corrected chi connectivity index (χ1v) is 22.4. The van der Waals surface area contributed by atoms with Crippen molar-refractivity contribution in [1.82, 2.24) is 40.4 Å². The summed E-state index contributed by atoms with van der Waals surface area (Å²) in [5, 5.41) is 5.45. The molecule has 4 N–H and O–H groups in total. The number of rotatable bonds is 11. The molecule has 338 valence electrons. The van der Waals surface area contributed by atoms with Gasteiger partial charge in [-0.15, -0.1) is 0 Å². The van der Waals surface area contributed by atoms with Crippen LogP contribution >= 0.6 is 0 Å². The number of halogens is 1. The van der Waals surface area contributed by atoms with E-state index in [0.717, 1.165) is 83.6 Å². The van der Waals surface area contributed by atoms with Crippen LogP contribution in [0.5, 0.6) is 0 Å². The second kappa shape index (κ2) is 16.9. The largest absolute Gasteiger partial charge is 0.453 e. The van der Waals surface area contributed by atoms with Crippen molar-refractivity contribution in [2.75, 3.05) is 27.3 Å². The molecule has 6 aromatic rings. The summed E-state index contributed by atoms with van der Waals surface area (Å²) in [5.41, 5.74) is 6.57. The highest BCUT2D eigenvalue weighted by molar-refractivity contribution is 5.89. The third-order valence-electron chi connectivity index (χ3n) is 14.4. The van der Waals surface area contributed by atoms with Crippen molar-refractivity contribution in [2.45, 2.75) is 68.6 Å². The molecule has 4 fully saturated rings. The molecule has 4 bridgehead atoms. The number of methoxy groups -OCH3 is 2. The smallest absolute Gasteiger partial charge is 0.407 e. The molecule has 0 spiro atoms. The Bertz CT molecular complexity index is 2600. The highest BCUT2D eigenvalue weighted by atomic mass is 19.1. The predicted octanol–water partition coefficient (Wildman–Crippen LogP) is 8.45. The van der Waals surface area contributed by atoms with Crippen molar-refractivity contribution in [1.29, 1.82) is 0 Å². The number of alkyl carbamates (subject to hydrolysis) is 2. The number of hydrogen-bond donors (Lipinski definition) is 4. The summed E-state index contributed by atoms with van der Waals surface area (Å²) in [4.78, 5) is 74.1. The van der Waals surface area contributed by atoms with Gasteiger partial charge in [0.15, 0.2) is 0 Å². The fourth-order valence-corrected chi connectivity index (χ4v) is 11.0. The van der Waals surface area contributed by atoms with E-state index in [-0.39, 0.29) is 11.8 Å². The van der Waals surface area contributed by atoms with Crippen LogP contribution in [0.4, 0.5) is 14.0 Å². The molecule has 2 aliphatic heterocycles. The third kappa shape index (κ3) is 7.55. The lowest BCUT2D eigenvalue weighted by molar-refractivity contribution is -0.140. The Morgan fingerprint density at radius 2 is 1.02 bits per heavy atom. The molecule has 15 heteroatoms. The lowest BCUT2D eigenvalue weighted by Gasteiger charge is -2.39. The Morgan fingerprint density at radius 1 is 0.621 bits per heavy atom. The van der Waals surface area contributed by atoms with E-state index in [4.69, 9.17) is 19.4 Å². The van der Waals surface area contributed by atoms with Crippen molar-refractivity contribution in [2.24, 2.45) is 11.8 Å². The van der Waals surface area contributed by atoms with E-state index in [1.165, 1.54) is 38.5 Å². The zero-order valence-electron chi connectivity index (χ0n) is 37.0. The summed E-state index contributed by atoms with van der Waals surface area (Å²) in [6.45, 7) is 3.10. The molecule has 2 saturated carbocycles. The molecule has 2 saturated heterocycles. The molecule has 4 unspecified atom stereocenters. The fourth-order valence-electron chi connectivity index (χ4n) is 11.0. The summed E-state index contributed by atoms with van der Waals surface area (Å²) >= 11 is 0. The number of imidazole rings is 2. The number of aromatic nitrogens is 4. The van der Waals surface area contributed by atoms with E-state index < -0.39 is 41.2 Å². The Kier molecular flexibility index (Phi) is 10.9. The third-order valence-corrected chi connectivity index (χ3v) is 14.4. The van der Waals surface area contributed by atoms with Gasteiger partial charge in [0, 0.05) is 13.1 Å². The average Bonchev–Trinajstić information content (AvgIpc) is 4.23. The van der Waals surface area contributed by atoms with Crippen LogP contribution < -0.4 is 10.6 Å². The lowest BCUT2D eigenvalue weighted by Crippen LogP contribution is -2.51. The number of H-pyrrole nitrogens is 2. The molecule has 4 amide bonds. The highest BCUT2D eigenvalue weighted by Crippen LogP contribution is 2.54. The van der Waals surface area contributed by atoms with Gasteiger partial charge in [0.1, 0.15) is 40.6 Å². The number of carbonyl (C=O) groups is 4. The minimum atomic E-state index is -1.06. The molecule has 2 aliphatic carbocycles. The standard InChI is InChI=1S/C51H51FN8O6/c1-30-4-6-37(7-5-30)42(57-48(63)65-2)44(61)59-28-31-20-22-50(59,24-31)46-53-26-40(55-46)35-12-8-33(9-13-35)34-10-14-36(15-11-34)41-27-54-47(56-41)51-23-21-32(25-51)29-60(51)45(62)43(58-49(64)66-3)38-16-18-39(52)19-17-38/h4-19,26-27,31-32,42-43H,20-25,28-29H2,1-3H3,(H,53,55)(H,54,56)(H,57,63)(H,58,64)/t31?,32?,42-,43-,50?,51?/m0/s1. The Balaban J connectivity index is 0.842. The van der Waals surface area contributed by atoms with Crippen LogP contribution in [0.3, 0.4) is 0 Å². The maximum atomic E-state index is 14.4. The molecule has 4 aliphatic rings. The van der Waals surface area contributed by atoms with Gasteiger partial charge in [0.05, 0.1) is 38.0 Å². The molecular formula is C51H51FN8O6. The topological polar surface area (TPSA) is 175 Å². The first kappa shape index (κ1) is 42.6. The van der Waals surface area contributed by atoms with Crippen molar-refractivity contribution in [3.8, 4) is 33.6 Å². The number of fused-ring (bicyclic) bond motifs is 4. The van der Waals surface area contributed by atoms with Gasteiger partial charge in [-0.2, -0.15) is 0 Å². The fraction of sp³-hybridized carbons (Fsp3) is 0.333. The van der Waals surface area contributed by atoms with Crippen LogP contribution in [0.15, 0.2) is 109 Å². The van der Waals surface area contributed by atoms with Gasteiger partial charge in [-0.05, 0) is 103 Å². The lowest BCUT2D eigenvalue weighted by atomic mass is 9.93. The van der Waals surface area contributed by atoms with E-state index in [1.54, 1.807) is 6.20 Å². The molecule has 66 heavy (non-hydrogen) atoms. The summed E-state index contributed by atoms with van der Waals surface area (Å²) in [6, 6.07) is 27.7. The van der Waals surface area contributed by atoms with Crippen LogP contribution in [0, 0.1) is 24.6 Å². The molecule has 6 atom stereocenters. The molecule has 0 radical (unpaired) electrons. The van der Waals surface area contributed by atoms with Gasteiger partial charge in [-0.3, -0.25) is 9.59 Å². The molecule has 10 rings (SSSR count). The Hall–Kier alpha value is -7.29. The number of ether oxygens (including phenoxy) is 2. The Morgan fingerprint density at radius 3 is 1.41 bits per heavy atom. The summed E-state index contributed by atoms with van der Waals surface area (Å²) in [6.07, 6.45) is 7.22. The monoisotopic (exact) mass is 890 g/mol.